The number of hydrogen-bond donors (Lipinski definition) is 2. The minimum atomic E-state index is -0.102. The topological polar surface area (TPSA) is 70.9 Å². The van der Waals surface area contributed by atoms with E-state index >= 15 is 0 Å². The maximum absolute atomic E-state index is 11.6. The lowest BCUT2D eigenvalue weighted by molar-refractivity contribution is 0.287. The third-order valence-electron chi connectivity index (χ3n) is 2.93. The first-order chi connectivity index (χ1) is 7.31. The smallest absolute Gasteiger partial charge is 0.343 e. The van der Waals surface area contributed by atoms with Crippen molar-refractivity contribution in [3.05, 3.63) is 16.3 Å². The lowest BCUT2D eigenvalue weighted by Gasteiger charge is -2.06. The van der Waals surface area contributed by atoms with Crippen molar-refractivity contribution >= 4 is 0 Å². The lowest BCUT2D eigenvalue weighted by atomic mass is 10.3. The first kappa shape index (κ1) is 10.4. The van der Waals surface area contributed by atoms with E-state index in [2.05, 4.69) is 10.1 Å². The number of aryl methyl sites for hydroxylation is 1. The number of aromatic nitrogens is 3. The summed E-state index contributed by atoms with van der Waals surface area (Å²) in [5.41, 5.74) is -0.102. The standard InChI is InChI=1S/C10H17N3O2/c14-7-3-6-9-11-10(15)13(12-9)8-4-1-2-5-8/h8,14H,1-7H2,(H,11,12,15). The van der Waals surface area contributed by atoms with Crippen LogP contribution in [0.25, 0.3) is 0 Å². The summed E-state index contributed by atoms with van der Waals surface area (Å²) in [6.07, 6.45) is 5.80. The largest absolute Gasteiger partial charge is 0.396 e. The molecule has 1 aromatic rings. The summed E-state index contributed by atoms with van der Waals surface area (Å²) >= 11 is 0. The van der Waals surface area contributed by atoms with Crippen LogP contribution in [0, 0.1) is 0 Å². The molecule has 0 radical (unpaired) electrons. The Kier molecular flexibility index (Phi) is 3.20. The molecule has 1 heterocycles. The van der Waals surface area contributed by atoms with E-state index in [1.807, 2.05) is 0 Å². The molecule has 1 aromatic heterocycles. The molecule has 0 amide bonds. The van der Waals surface area contributed by atoms with Gasteiger partial charge in [-0.3, -0.25) is 4.98 Å². The zero-order chi connectivity index (χ0) is 10.7. The third-order valence-corrected chi connectivity index (χ3v) is 2.93. The van der Waals surface area contributed by atoms with E-state index in [1.54, 1.807) is 4.68 Å². The minimum Gasteiger partial charge on any atom is -0.396 e. The van der Waals surface area contributed by atoms with Crippen LogP contribution in [0.1, 0.15) is 44.0 Å². The summed E-state index contributed by atoms with van der Waals surface area (Å²) in [6, 6.07) is 0.289. The van der Waals surface area contributed by atoms with Gasteiger partial charge in [0, 0.05) is 13.0 Å². The Morgan fingerprint density at radius 2 is 2.20 bits per heavy atom. The van der Waals surface area contributed by atoms with E-state index < -0.39 is 0 Å². The second-order valence-electron chi connectivity index (χ2n) is 4.09. The van der Waals surface area contributed by atoms with Crippen molar-refractivity contribution in [3.63, 3.8) is 0 Å². The first-order valence-corrected chi connectivity index (χ1v) is 5.60. The molecular weight excluding hydrogens is 194 g/mol. The number of aliphatic hydroxyl groups is 1. The Bertz CT molecular complexity index is 363. The van der Waals surface area contributed by atoms with Crippen LogP contribution in [0.4, 0.5) is 0 Å². The van der Waals surface area contributed by atoms with Gasteiger partial charge in [0.15, 0.2) is 0 Å². The molecule has 84 valence electrons. The predicted molar refractivity (Wildman–Crippen MR) is 55.8 cm³/mol. The van der Waals surface area contributed by atoms with Crippen molar-refractivity contribution in [3.8, 4) is 0 Å². The second-order valence-corrected chi connectivity index (χ2v) is 4.09. The van der Waals surface area contributed by atoms with Crippen molar-refractivity contribution in [1.29, 1.82) is 0 Å². The van der Waals surface area contributed by atoms with Crippen LogP contribution < -0.4 is 5.69 Å². The number of aromatic amines is 1. The van der Waals surface area contributed by atoms with Crippen molar-refractivity contribution in [1.82, 2.24) is 14.8 Å². The SMILES string of the molecule is O=c1[nH]c(CCCO)nn1C1CCCC1. The molecule has 1 fully saturated rings. The molecule has 0 unspecified atom stereocenters. The molecule has 1 aliphatic rings. The maximum Gasteiger partial charge on any atom is 0.343 e. The maximum atomic E-state index is 11.6. The van der Waals surface area contributed by atoms with Crippen molar-refractivity contribution in [2.75, 3.05) is 6.61 Å². The van der Waals surface area contributed by atoms with Crippen LogP contribution in [-0.4, -0.2) is 26.5 Å². The Balaban J connectivity index is 2.10. The van der Waals surface area contributed by atoms with Crippen molar-refractivity contribution in [2.24, 2.45) is 0 Å². The zero-order valence-electron chi connectivity index (χ0n) is 8.78. The minimum absolute atomic E-state index is 0.102. The average molecular weight is 211 g/mol. The van der Waals surface area contributed by atoms with Gasteiger partial charge in [0.25, 0.3) is 0 Å². The fourth-order valence-electron chi connectivity index (χ4n) is 2.14. The van der Waals surface area contributed by atoms with E-state index in [0.29, 0.717) is 18.7 Å². The Hall–Kier alpha value is -1.10. The van der Waals surface area contributed by atoms with Crippen LogP contribution in [0.3, 0.4) is 0 Å². The summed E-state index contributed by atoms with van der Waals surface area (Å²) in [4.78, 5) is 14.3. The number of nitrogens with zero attached hydrogens (tertiary/aromatic N) is 2. The number of nitrogens with one attached hydrogen (secondary N) is 1. The summed E-state index contributed by atoms with van der Waals surface area (Å²) in [6.45, 7) is 0.137. The molecule has 0 aromatic carbocycles. The Labute approximate surface area is 88.1 Å². The van der Waals surface area contributed by atoms with Crippen LogP contribution in [-0.2, 0) is 6.42 Å². The van der Waals surface area contributed by atoms with Crippen molar-refractivity contribution in [2.45, 2.75) is 44.6 Å². The number of rotatable bonds is 4. The average Bonchev–Trinajstić information content (AvgIpc) is 2.83. The summed E-state index contributed by atoms with van der Waals surface area (Å²) in [7, 11) is 0. The van der Waals surface area contributed by atoms with Crippen LogP contribution in [0.2, 0.25) is 0 Å². The lowest BCUT2D eigenvalue weighted by Crippen LogP contribution is -2.21. The molecule has 0 atom stereocenters. The first-order valence-electron chi connectivity index (χ1n) is 5.60. The van der Waals surface area contributed by atoms with Gasteiger partial charge < -0.3 is 5.11 Å². The highest BCUT2D eigenvalue weighted by atomic mass is 16.3. The monoisotopic (exact) mass is 211 g/mol. The molecule has 15 heavy (non-hydrogen) atoms. The van der Waals surface area contributed by atoms with Crippen LogP contribution in [0.15, 0.2) is 4.79 Å². The van der Waals surface area contributed by atoms with E-state index in [0.717, 1.165) is 12.8 Å². The van der Waals surface area contributed by atoms with Gasteiger partial charge in [0.1, 0.15) is 5.82 Å². The van der Waals surface area contributed by atoms with Crippen LogP contribution in [0.5, 0.6) is 0 Å². The molecule has 1 saturated carbocycles. The molecule has 2 N–H and O–H groups in total. The molecule has 0 aliphatic heterocycles. The van der Waals surface area contributed by atoms with Gasteiger partial charge in [0.2, 0.25) is 0 Å². The van der Waals surface area contributed by atoms with Gasteiger partial charge in [-0.1, -0.05) is 12.8 Å². The Morgan fingerprint density at radius 3 is 2.87 bits per heavy atom. The van der Waals surface area contributed by atoms with Gasteiger partial charge in [-0.25, -0.2) is 9.48 Å². The molecule has 5 heteroatoms. The van der Waals surface area contributed by atoms with Gasteiger partial charge >= 0.3 is 5.69 Å². The summed E-state index contributed by atoms with van der Waals surface area (Å²) < 4.78 is 1.58. The Morgan fingerprint density at radius 1 is 1.47 bits per heavy atom. The third kappa shape index (κ3) is 2.28. The normalized spacial score (nSPS) is 17.4. The highest BCUT2D eigenvalue weighted by Gasteiger charge is 2.20. The quantitative estimate of drug-likeness (QED) is 0.766. The van der Waals surface area contributed by atoms with Crippen LogP contribution >= 0.6 is 0 Å². The fraction of sp³-hybridized carbons (Fsp3) is 0.800. The number of H-pyrrole nitrogens is 1. The molecule has 2 rings (SSSR count). The molecule has 0 bridgehead atoms. The van der Waals surface area contributed by atoms with Crippen molar-refractivity contribution < 1.29 is 5.11 Å². The van der Waals surface area contributed by atoms with E-state index in [1.165, 1.54) is 12.8 Å². The molecule has 1 aliphatic carbocycles. The predicted octanol–water partition coefficient (Wildman–Crippen LogP) is 0.611. The molecule has 5 nitrogen and oxygen atoms in total. The highest BCUT2D eigenvalue weighted by molar-refractivity contribution is 4.85. The molecular formula is C10H17N3O2. The number of aliphatic hydroxyl groups excluding tert-OH is 1. The van der Waals surface area contributed by atoms with E-state index in [4.69, 9.17) is 5.11 Å². The fourth-order valence-corrected chi connectivity index (χ4v) is 2.14. The van der Waals surface area contributed by atoms with Gasteiger partial charge in [-0.15, -0.1) is 0 Å². The highest BCUT2D eigenvalue weighted by Crippen LogP contribution is 2.27. The van der Waals surface area contributed by atoms with E-state index in [-0.39, 0.29) is 18.3 Å². The second kappa shape index (κ2) is 4.61. The zero-order valence-corrected chi connectivity index (χ0v) is 8.78. The van der Waals surface area contributed by atoms with Gasteiger partial charge in [-0.05, 0) is 19.3 Å². The molecule has 0 spiro atoms. The van der Waals surface area contributed by atoms with Gasteiger partial charge in [-0.2, -0.15) is 5.10 Å². The summed E-state index contributed by atoms with van der Waals surface area (Å²) in [5, 5.41) is 13.0. The van der Waals surface area contributed by atoms with E-state index in [9.17, 15) is 4.79 Å². The molecule has 0 saturated heterocycles. The summed E-state index contributed by atoms with van der Waals surface area (Å²) in [5.74, 6) is 0.695. The van der Waals surface area contributed by atoms with Gasteiger partial charge in [0.05, 0.1) is 6.04 Å². The number of hydrogen-bond acceptors (Lipinski definition) is 3.